The summed E-state index contributed by atoms with van der Waals surface area (Å²) in [6.07, 6.45) is 4.21. The lowest BCUT2D eigenvalue weighted by Gasteiger charge is -2.29. The van der Waals surface area contributed by atoms with Crippen LogP contribution in [0, 0.1) is 5.92 Å². The average Bonchev–Trinajstić information content (AvgIpc) is 2.86. The van der Waals surface area contributed by atoms with Gasteiger partial charge >= 0.3 is 5.97 Å². The maximum absolute atomic E-state index is 12.4. The summed E-state index contributed by atoms with van der Waals surface area (Å²) in [4.78, 5) is 15.6. The van der Waals surface area contributed by atoms with E-state index in [9.17, 15) is 13.2 Å². The van der Waals surface area contributed by atoms with Gasteiger partial charge in [-0.05, 0) is 19.8 Å². The minimum absolute atomic E-state index is 0.0181. The summed E-state index contributed by atoms with van der Waals surface area (Å²) in [5, 5.41) is 0.0181. The van der Waals surface area contributed by atoms with Crippen LogP contribution in [0.1, 0.15) is 19.8 Å². The molecule has 0 aliphatic carbocycles. The molecular formula is C12H19N3O4S. The minimum Gasteiger partial charge on any atom is -0.466 e. The number of carbonyl (C=O) groups is 1. The van der Waals surface area contributed by atoms with Crippen molar-refractivity contribution in [3.05, 3.63) is 12.5 Å². The van der Waals surface area contributed by atoms with Crippen LogP contribution in [0.25, 0.3) is 0 Å². The predicted octanol–water partition coefficient (Wildman–Crippen LogP) is 0.384. The van der Waals surface area contributed by atoms with Crippen molar-refractivity contribution in [3.63, 3.8) is 0 Å². The average molecular weight is 301 g/mol. The van der Waals surface area contributed by atoms with Crippen molar-refractivity contribution in [2.45, 2.75) is 24.8 Å². The van der Waals surface area contributed by atoms with Crippen LogP contribution in [-0.2, 0) is 26.6 Å². The number of aryl methyl sites for hydroxylation is 1. The summed E-state index contributed by atoms with van der Waals surface area (Å²) in [5.74, 6) is -0.712. The molecule has 0 N–H and O–H groups in total. The molecule has 1 fully saturated rings. The van der Waals surface area contributed by atoms with Crippen molar-refractivity contribution in [2.75, 3.05) is 19.7 Å². The Balaban J connectivity index is 2.14. The monoisotopic (exact) mass is 301 g/mol. The Morgan fingerprint density at radius 1 is 1.55 bits per heavy atom. The molecule has 0 aromatic carbocycles. The number of hydrogen-bond donors (Lipinski definition) is 0. The Bertz CT molecular complexity index is 581. The van der Waals surface area contributed by atoms with Gasteiger partial charge in [0.05, 0.1) is 18.9 Å². The third-order valence-corrected chi connectivity index (χ3v) is 5.04. The summed E-state index contributed by atoms with van der Waals surface area (Å²) in [6.45, 7) is 2.62. The van der Waals surface area contributed by atoms with Gasteiger partial charge in [-0.3, -0.25) is 4.79 Å². The Morgan fingerprint density at radius 3 is 2.90 bits per heavy atom. The van der Waals surface area contributed by atoms with Crippen molar-refractivity contribution < 1.29 is 17.9 Å². The standard InChI is InChI=1S/C12H19N3O4S/c1-3-19-12(16)10-5-4-6-15(7-10)20(17,18)11-8-14(2)9-13-11/h8-10H,3-7H2,1-2H3/t10-/m0/s1. The van der Waals surface area contributed by atoms with E-state index in [1.807, 2.05) is 0 Å². The highest BCUT2D eigenvalue weighted by atomic mass is 32.2. The van der Waals surface area contributed by atoms with Gasteiger partial charge in [0.25, 0.3) is 10.0 Å². The molecule has 2 rings (SSSR count). The number of carbonyl (C=O) groups excluding carboxylic acids is 1. The van der Waals surface area contributed by atoms with Crippen LogP contribution in [0.15, 0.2) is 17.6 Å². The second-order valence-electron chi connectivity index (χ2n) is 4.83. The summed E-state index contributed by atoms with van der Waals surface area (Å²) in [7, 11) is -1.92. The Labute approximate surface area is 118 Å². The Morgan fingerprint density at radius 2 is 2.30 bits per heavy atom. The second kappa shape index (κ2) is 5.92. The molecule has 1 aliphatic rings. The first-order valence-electron chi connectivity index (χ1n) is 6.60. The zero-order valence-corrected chi connectivity index (χ0v) is 12.5. The number of nitrogens with zero attached hydrogens (tertiary/aromatic N) is 3. The molecule has 1 aliphatic heterocycles. The third-order valence-electron chi connectivity index (χ3n) is 3.29. The number of sulfonamides is 1. The number of rotatable bonds is 4. The molecule has 20 heavy (non-hydrogen) atoms. The van der Waals surface area contributed by atoms with E-state index in [2.05, 4.69) is 4.98 Å². The lowest BCUT2D eigenvalue weighted by atomic mass is 10.0. The van der Waals surface area contributed by atoms with E-state index in [1.54, 1.807) is 18.5 Å². The summed E-state index contributed by atoms with van der Waals surface area (Å²) >= 11 is 0. The number of ether oxygens (including phenoxy) is 1. The lowest BCUT2D eigenvalue weighted by Crippen LogP contribution is -2.42. The molecule has 0 radical (unpaired) electrons. The molecule has 112 valence electrons. The van der Waals surface area contributed by atoms with Crippen molar-refractivity contribution >= 4 is 16.0 Å². The molecule has 1 aromatic heterocycles. The molecule has 0 unspecified atom stereocenters. The van der Waals surface area contributed by atoms with E-state index in [0.717, 1.165) is 0 Å². The molecule has 0 spiro atoms. The van der Waals surface area contributed by atoms with Gasteiger partial charge in [0.15, 0.2) is 5.03 Å². The van der Waals surface area contributed by atoms with Crippen molar-refractivity contribution in [2.24, 2.45) is 13.0 Å². The highest BCUT2D eigenvalue weighted by molar-refractivity contribution is 7.89. The van der Waals surface area contributed by atoms with E-state index in [0.29, 0.717) is 26.0 Å². The summed E-state index contributed by atoms with van der Waals surface area (Å²) in [6, 6.07) is 0. The van der Waals surface area contributed by atoms with Gasteiger partial charge in [0.2, 0.25) is 0 Å². The third kappa shape index (κ3) is 3.01. The summed E-state index contributed by atoms with van der Waals surface area (Å²) < 4.78 is 32.7. The Hall–Kier alpha value is -1.41. The molecule has 7 nitrogen and oxygen atoms in total. The molecule has 1 atom stereocenters. The number of piperidine rings is 1. The maximum atomic E-state index is 12.4. The fourth-order valence-electron chi connectivity index (χ4n) is 2.27. The van der Waals surface area contributed by atoms with E-state index in [-0.39, 0.29) is 23.5 Å². The van der Waals surface area contributed by atoms with Gasteiger partial charge in [-0.25, -0.2) is 13.4 Å². The SMILES string of the molecule is CCOC(=O)[C@H]1CCCN(S(=O)(=O)c2cn(C)cn2)C1. The van der Waals surface area contributed by atoms with Crippen LogP contribution in [0.3, 0.4) is 0 Å². The molecule has 1 saturated heterocycles. The van der Waals surface area contributed by atoms with Gasteiger partial charge in [-0.15, -0.1) is 0 Å². The first-order valence-corrected chi connectivity index (χ1v) is 8.04. The molecule has 0 bridgehead atoms. The van der Waals surface area contributed by atoms with E-state index in [1.165, 1.54) is 16.8 Å². The fraction of sp³-hybridized carbons (Fsp3) is 0.667. The lowest BCUT2D eigenvalue weighted by molar-refractivity contribution is -0.149. The van der Waals surface area contributed by atoms with Gasteiger partial charge in [0, 0.05) is 26.3 Å². The fourth-order valence-corrected chi connectivity index (χ4v) is 3.76. The van der Waals surface area contributed by atoms with Crippen LogP contribution in [0.4, 0.5) is 0 Å². The molecule has 0 saturated carbocycles. The van der Waals surface area contributed by atoms with Gasteiger partial charge < -0.3 is 9.30 Å². The van der Waals surface area contributed by atoms with Crippen molar-refractivity contribution in [3.8, 4) is 0 Å². The molecule has 0 amide bonds. The van der Waals surface area contributed by atoms with E-state index < -0.39 is 10.0 Å². The van der Waals surface area contributed by atoms with Crippen LogP contribution >= 0.6 is 0 Å². The number of hydrogen-bond acceptors (Lipinski definition) is 5. The van der Waals surface area contributed by atoms with Crippen LogP contribution in [-0.4, -0.2) is 47.9 Å². The first-order chi connectivity index (χ1) is 9.45. The van der Waals surface area contributed by atoms with Crippen LogP contribution in [0.2, 0.25) is 0 Å². The predicted molar refractivity (Wildman–Crippen MR) is 71.3 cm³/mol. The first kappa shape index (κ1) is 15.0. The van der Waals surface area contributed by atoms with E-state index in [4.69, 9.17) is 4.74 Å². The smallest absolute Gasteiger partial charge is 0.310 e. The van der Waals surface area contributed by atoms with E-state index >= 15 is 0 Å². The molecule has 1 aromatic rings. The number of aromatic nitrogens is 2. The van der Waals surface area contributed by atoms with Crippen LogP contribution < -0.4 is 0 Å². The van der Waals surface area contributed by atoms with Crippen molar-refractivity contribution in [1.82, 2.24) is 13.9 Å². The molecule has 8 heteroatoms. The minimum atomic E-state index is -3.63. The maximum Gasteiger partial charge on any atom is 0.310 e. The zero-order chi connectivity index (χ0) is 14.8. The van der Waals surface area contributed by atoms with Gasteiger partial charge in [-0.1, -0.05) is 0 Å². The van der Waals surface area contributed by atoms with Crippen LogP contribution in [0.5, 0.6) is 0 Å². The quantitative estimate of drug-likeness (QED) is 0.751. The Kier molecular flexibility index (Phi) is 4.44. The molecule has 2 heterocycles. The van der Waals surface area contributed by atoms with Crippen molar-refractivity contribution in [1.29, 1.82) is 0 Å². The number of esters is 1. The topological polar surface area (TPSA) is 81.5 Å². The van der Waals surface area contributed by atoms with Gasteiger partial charge in [0.1, 0.15) is 0 Å². The highest BCUT2D eigenvalue weighted by Gasteiger charge is 2.34. The highest BCUT2D eigenvalue weighted by Crippen LogP contribution is 2.23. The normalized spacial score (nSPS) is 20.8. The van der Waals surface area contributed by atoms with Gasteiger partial charge in [-0.2, -0.15) is 4.31 Å². The summed E-state index contributed by atoms with van der Waals surface area (Å²) in [5.41, 5.74) is 0. The largest absolute Gasteiger partial charge is 0.466 e. The second-order valence-corrected chi connectivity index (χ2v) is 6.72. The number of imidazole rings is 1. The molecular weight excluding hydrogens is 282 g/mol. The zero-order valence-electron chi connectivity index (χ0n) is 11.7.